The molecule has 3 fully saturated rings. The third-order valence-electron chi connectivity index (χ3n) is 5.47. The molecule has 2 aliphatic carbocycles. The first-order chi connectivity index (χ1) is 11.1. The number of nitrogens with zero attached hydrogens (tertiary/aromatic N) is 2. The molecule has 0 aromatic rings. The van der Waals surface area contributed by atoms with Gasteiger partial charge in [0.2, 0.25) is 17.9 Å². The minimum atomic E-state index is -0.692. The van der Waals surface area contributed by atoms with Gasteiger partial charge in [0.15, 0.2) is 0 Å². The molecule has 2 saturated carbocycles. The van der Waals surface area contributed by atoms with E-state index < -0.39 is 12.0 Å². The first-order valence-electron chi connectivity index (χ1n) is 8.79. The van der Waals surface area contributed by atoms with Gasteiger partial charge in [-0.25, -0.2) is 0 Å². The molecule has 128 valence electrons. The summed E-state index contributed by atoms with van der Waals surface area (Å²) in [5.41, 5.74) is 0. The van der Waals surface area contributed by atoms with Crippen molar-refractivity contribution in [2.75, 3.05) is 13.1 Å². The number of likely N-dealkylation sites (tertiary alicyclic amines) is 1. The van der Waals surface area contributed by atoms with Gasteiger partial charge in [-0.1, -0.05) is 19.3 Å². The number of carbonyl (C=O) groups excluding carboxylic acids is 2. The zero-order valence-electron chi connectivity index (χ0n) is 13.4. The Morgan fingerprint density at radius 1 is 1.04 bits per heavy atom. The fraction of sp³-hybridized carbons (Fsp3) is 0.875. The lowest BCUT2D eigenvalue weighted by Crippen LogP contribution is -2.48. The van der Waals surface area contributed by atoms with Gasteiger partial charge in [0.1, 0.15) is 5.92 Å². The van der Waals surface area contributed by atoms with Gasteiger partial charge in [-0.15, -0.1) is 0 Å². The Kier molecular flexibility index (Phi) is 4.82. The van der Waals surface area contributed by atoms with Crippen LogP contribution >= 0.6 is 0 Å². The van der Waals surface area contributed by atoms with E-state index >= 15 is 0 Å². The summed E-state index contributed by atoms with van der Waals surface area (Å²) in [5.74, 6) is -0.164. The Bertz CT molecular complexity index is 482. The maximum atomic E-state index is 12.5. The van der Waals surface area contributed by atoms with Crippen LogP contribution in [0, 0.1) is 22.0 Å². The van der Waals surface area contributed by atoms with Gasteiger partial charge in [-0.05, 0) is 25.7 Å². The molecule has 3 rings (SSSR count). The summed E-state index contributed by atoms with van der Waals surface area (Å²) >= 11 is 0. The molecule has 0 unspecified atom stereocenters. The summed E-state index contributed by atoms with van der Waals surface area (Å²) in [7, 11) is 0. The monoisotopic (exact) mass is 323 g/mol. The lowest BCUT2D eigenvalue weighted by Gasteiger charge is -2.35. The van der Waals surface area contributed by atoms with Gasteiger partial charge in [-0.2, -0.15) is 0 Å². The number of rotatable bonds is 4. The Morgan fingerprint density at radius 3 is 2.26 bits per heavy atom. The second-order valence-electron chi connectivity index (χ2n) is 7.14. The van der Waals surface area contributed by atoms with Gasteiger partial charge >= 0.3 is 0 Å². The number of nitro groups is 1. The number of amides is 2. The van der Waals surface area contributed by atoms with Crippen LogP contribution in [0.25, 0.3) is 0 Å². The molecule has 1 aliphatic heterocycles. The van der Waals surface area contributed by atoms with Crippen LogP contribution in [-0.4, -0.2) is 46.8 Å². The van der Waals surface area contributed by atoms with E-state index in [1.807, 2.05) is 4.90 Å². The van der Waals surface area contributed by atoms with Crippen molar-refractivity contribution in [1.29, 1.82) is 0 Å². The quantitative estimate of drug-likeness (QED) is 0.624. The van der Waals surface area contributed by atoms with Crippen LogP contribution in [0.1, 0.15) is 51.4 Å². The summed E-state index contributed by atoms with van der Waals surface area (Å²) < 4.78 is 0. The molecule has 3 aliphatic rings. The van der Waals surface area contributed by atoms with Gasteiger partial charge < -0.3 is 10.2 Å². The fourth-order valence-corrected chi connectivity index (χ4v) is 3.86. The highest BCUT2D eigenvalue weighted by Gasteiger charge is 2.53. The van der Waals surface area contributed by atoms with Crippen molar-refractivity contribution >= 4 is 11.8 Å². The molecular formula is C16H25N3O4. The molecule has 1 saturated heterocycles. The maximum Gasteiger partial charge on any atom is 0.230 e. The predicted molar refractivity (Wildman–Crippen MR) is 83.2 cm³/mol. The second kappa shape index (κ2) is 6.84. The second-order valence-corrected chi connectivity index (χ2v) is 7.14. The molecule has 0 aromatic carbocycles. The van der Waals surface area contributed by atoms with Crippen LogP contribution in [0.4, 0.5) is 0 Å². The first kappa shape index (κ1) is 16.2. The average Bonchev–Trinajstić information content (AvgIpc) is 3.37. The lowest BCUT2D eigenvalue weighted by molar-refractivity contribution is -0.497. The van der Waals surface area contributed by atoms with E-state index in [9.17, 15) is 19.7 Å². The summed E-state index contributed by atoms with van der Waals surface area (Å²) in [5, 5.41) is 13.5. The molecule has 0 aromatic heterocycles. The van der Waals surface area contributed by atoms with E-state index in [0.29, 0.717) is 19.5 Å². The molecule has 7 heteroatoms. The van der Waals surface area contributed by atoms with Crippen molar-refractivity contribution in [2.45, 2.75) is 63.5 Å². The Hall–Kier alpha value is -1.66. The number of hydrogen-bond donors (Lipinski definition) is 1. The zero-order chi connectivity index (χ0) is 16.4. The molecule has 0 spiro atoms. The van der Waals surface area contributed by atoms with E-state index in [-0.39, 0.29) is 28.7 Å². The third kappa shape index (κ3) is 3.82. The minimum absolute atomic E-state index is 0.0471. The van der Waals surface area contributed by atoms with Gasteiger partial charge in [-0.3, -0.25) is 19.7 Å². The first-order valence-corrected chi connectivity index (χ1v) is 8.79. The predicted octanol–water partition coefficient (Wildman–Crippen LogP) is 1.34. The van der Waals surface area contributed by atoms with Crippen molar-refractivity contribution in [3.63, 3.8) is 0 Å². The summed E-state index contributed by atoms with van der Waals surface area (Å²) in [6, 6.07) is -0.645. The largest absolute Gasteiger partial charge is 0.353 e. The molecule has 0 bridgehead atoms. The van der Waals surface area contributed by atoms with Gasteiger partial charge in [0.05, 0.1) is 0 Å². The van der Waals surface area contributed by atoms with Crippen molar-refractivity contribution in [2.24, 2.45) is 11.8 Å². The summed E-state index contributed by atoms with van der Waals surface area (Å²) in [6.07, 6.45) is 7.44. The Morgan fingerprint density at radius 2 is 1.70 bits per heavy atom. The van der Waals surface area contributed by atoms with Crippen molar-refractivity contribution in [1.82, 2.24) is 10.2 Å². The van der Waals surface area contributed by atoms with Gasteiger partial charge in [0, 0.05) is 36.4 Å². The molecule has 1 N–H and O–H groups in total. The third-order valence-corrected chi connectivity index (χ3v) is 5.47. The summed E-state index contributed by atoms with van der Waals surface area (Å²) in [4.78, 5) is 36.6. The van der Waals surface area contributed by atoms with Crippen molar-refractivity contribution < 1.29 is 14.5 Å². The minimum Gasteiger partial charge on any atom is -0.353 e. The van der Waals surface area contributed by atoms with Crippen LogP contribution in [0.15, 0.2) is 0 Å². The molecule has 7 nitrogen and oxygen atoms in total. The number of hydrogen-bond acceptors (Lipinski definition) is 4. The molecule has 23 heavy (non-hydrogen) atoms. The normalized spacial score (nSPS) is 29.1. The van der Waals surface area contributed by atoms with Crippen LogP contribution in [0.2, 0.25) is 0 Å². The van der Waals surface area contributed by atoms with Crippen molar-refractivity contribution in [3.05, 3.63) is 10.1 Å². The molecule has 0 radical (unpaired) electrons. The van der Waals surface area contributed by atoms with Crippen LogP contribution < -0.4 is 5.32 Å². The molecule has 2 atom stereocenters. The topological polar surface area (TPSA) is 92.6 Å². The maximum absolute atomic E-state index is 12.5. The SMILES string of the molecule is O=C(NC1CCN(C(=O)C2CCCCC2)CC1)[C@@H]1C[C@H]1[N+](=O)[O-]. The van der Waals surface area contributed by atoms with Crippen LogP contribution in [-0.2, 0) is 9.59 Å². The van der Waals surface area contributed by atoms with E-state index in [1.165, 1.54) is 6.42 Å². The standard InChI is InChI=1S/C16H25N3O4/c20-15(13-10-14(13)19(22)23)17-12-6-8-18(9-7-12)16(21)11-4-2-1-3-5-11/h11-14H,1-10H2,(H,17,20)/t13-,14-/m1/s1. The Labute approximate surface area is 135 Å². The zero-order valence-corrected chi connectivity index (χ0v) is 13.4. The van der Waals surface area contributed by atoms with Gasteiger partial charge in [0.25, 0.3) is 0 Å². The Balaban J connectivity index is 1.41. The van der Waals surface area contributed by atoms with Crippen molar-refractivity contribution in [3.8, 4) is 0 Å². The fourth-order valence-electron chi connectivity index (χ4n) is 3.86. The highest BCUT2D eigenvalue weighted by molar-refractivity contribution is 5.82. The van der Waals surface area contributed by atoms with E-state index in [1.54, 1.807) is 0 Å². The summed E-state index contributed by atoms with van der Waals surface area (Å²) in [6.45, 7) is 1.37. The molecule has 1 heterocycles. The highest BCUT2D eigenvalue weighted by Crippen LogP contribution is 2.33. The smallest absolute Gasteiger partial charge is 0.230 e. The molecule has 2 amide bonds. The van der Waals surface area contributed by atoms with E-state index in [0.717, 1.165) is 38.5 Å². The lowest BCUT2D eigenvalue weighted by atomic mass is 9.87. The number of piperidine rings is 1. The highest BCUT2D eigenvalue weighted by atomic mass is 16.6. The number of carbonyl (C=O) groups is 2. The average molecular weight is 323 g/mol. The van der Waals surface area contributed by atoms with Crippen LogP contribution in [0.3, 0.4) is 0 Å². The molecular weight excluding hydrogens is 298 g/mol. The van der Waals surface area contributed by atoms with E-state index in [4.69, 9.17) is 0 Å². The number of nitrogens with one attached hydrogen (secondary N) is 1. The van der Waals surface area contributed by atoms with Crippen LogP contribution in [0.5, 0.6) is 0 Å². The van der Waals surface area contributed by atoms with E-state index in [2.05, 4.69) is 5.32 Å².